The molecule has 0 aromatic heterocycles. The number of nitrogens with two attached hydrogens (primary N) is 1. The molecule has 2 fully saturated rings. The van der Waals surface area contributed by atoms with Crippen LogP contribution in [0.25, 0.3) is 6.08 Å². The van der Waals surface area contributed by atoms with Crippen LogP contribution in [0.5, 0.6) is 11.5 Å². The first-order valence-electron chi connectivity index (χ1n) is 11.5. The standard InChI is InChI=1S/C24H34N4O5/c1-32-21-16-19(6-8-20(21)33-18-22(25)29)7-9-23(30)28-14-12-26(13-15-28)17-24(31)27-10-4-2-3-5-11-27/h6-9,16H,2-5,10-15,17-18H2,1H3,(H2,25,29)/b9-7+. The highest BCUT2D eigenvalue weighted by Gasteiger charge is 2.23. The maximum atomic E-state index is 12.6. The SMILES string of the molecule is COc1cc(/C=C/C(=O)N2CCN(CC(=O)N3CCCCCC3)CC2)ccc1OCC(N)=O. The van der Waals surface area contributed by atoms with Gasteiger partial charge in [0.25, 0.3) is 5.91 Å². The zero-order valence-electron chi connectivity index (χ0n) is 19.3. The number of primary amides is 1. The van der Waals surface area contributed by atoms with Crippen LogP contribution in [-0.4, -0.2) is 92.0 Å². The second-order valence-electron chi connectivity index (χ2n) is 8.40. The van der Waals surface area contributed by atoms with Crippen molar-refractivity contribution in [3.8, 4) is 11.5 Å². The summed E-state index contributed by atoms with van der Waals surface area (Å²) in [6, 6.07) is 5.17. The number of carbonyl (C=O) groups excluding carboxylic acids is 3. The van der Waals surface area contributed by atoms with Gasteiger partial charge in [-0.15, -0.1) is 0 Å². The van der Waals surface area contributed by atoms with Crippen molar-refractivity contribution in [2.24, 2.45) is 5.73 Å². The molecule has 1 aromatic rings. The Morgan fingerprint density at radius 1 is 0.939 bits per heavy atom. The number of hydrogen-bond acceptors (Lipinski definition) is 6. The Bertz CT molecular complexity index is 856. The molecule has 3 rings (SSSR count). The smallest absolute Gasteiger partial charge is 0.255 e. The lowest BCUT2D eigenvalue weighted by molar-refractivity contribution is -0.133. The van der Waals surface area contributed by atoms with Crippen molar-refractivity contribution in [2.75, 3.05) is 59.5 Å². The summed E-state index contributed by atoms with van der Waals surface area (Å²) in [5, 5.41) is 0. The predicted molar refractivity (Wildman–Crippen MR) is 125 cm³/mol. The number of rotatable bonds is 8. The van der Waals surface area contributed by atoms with Crippen molar-refractivity contribution in [2.45, 2.75) is 25.7 Å². The second-order valence-corrected chi connectivity index (χ2v) is 8.40. The molecule has 2 aliphatic rings. The molecule has 2 aliphatic heterocycles. The van der Waals surface area contributed by atoms with Crippen LogP contribution in [0.4, 0.5) is 0 Å². The summed E-state index contributed by atoms with van der Waals surface area (Å²) < 4.78 is 10.6. The maximum Gasteiger partial charge on any atom is 0.255 e. The van der Waals surface area contributed by atoms with Crippen LogP contribution in [0.2, 0.25) is 0 Å². The third kappa shape index (κ3) is 7.49. The molecule has 9 nitrogen and oxygen atoms in total. The maximum absolute atomic E-state index is 12.6. The van der Waals surface area contributed by atoms with Gasteiger partial charge in [-0.3, -0.25) is 19.3 Å². The Kier molecular flexibility index (Phi) is 9.12. The number of carbonyl (C=O) groups is 3. The number of methoxy groups -OCH3 is 1. The third-order valence-electron chi connectivity index (χ3n) is 5.98. The Labute approximate surface area is 195 Å². The fraction of sp³-hybridized carbons (Fsp3) is 0.542. The molecular weight excluding hydrogens is 424 g/mol. The summed E-state index contributed by atoms with van der Waals surface area (Å²) in [6.45, 7) is 4.51. The number of likely N-dealkylation sites (tertiary alicyclic amines) is 1. The Morgan fingerprint density at radius 2 is 1.64 bits per heavy atom. The molecule has 0 saturated carbocycles. The topological polar surface area (TPSA) is 105 Å². The van der Waals surface area contributed by atoms with Crippen molar-refractivity contribution >= 4 is 23.8 Å². The first kappa shape index (κ1) is 24.6. The molecular formula is C24H34N4O5. The molecule has 0 bridgehead atoms. The summed E-state index contributed by atoms with van der Waals surface area (Å²) >= 11 is 0. The molecule has 0 radical (unpaired) electrons. The molecule has 3 amide bonds. The van der Waals surface area contributed by atoms with E-state index in [0.29, 0.717) is 44.2 Å². The van der Waals surface area contributed by atoms with E-state index in [9.17, 15) is 14.4 Å². The van der Waals surface area contributed by atoms with Crippen LogP contribution in [-0.2, 0) is 14.4 Å². The van der Waals surface area contributed by atoms with Gasteiger partial charge in [0.1, 0.15) is 0 Å². The van der Waals surface area contributed by atoms with Crippen LogP contribution >= 0.6 is 0 Å². The van der Waals surface area contributed by atoms with Gasteiger partial charge in [-0.25, -0.2) is 0 Å². The highest BCUT2D eigenvalue weighted by Crippen LogP contribution is 2.28. The van der Waals surface area contributed by atoms with Crippen LogP contribution < -0.4 is 15.2 Å². The van der Waals surface area contributed by atoms with E-state index in [4.69, 9.17) is 15.2 Å². The van der Waals surface area contributed by atoms with E-state index in [-0.39, 0.29) is 18.4 Å². The fourth-order valence-electron chi connectivity index (χ4n) is 4.07. The summed E-state index contributed by atoms with van der Waals surface area (Å²) in [5.41, 5.74) is 5.88. The van der Waals surface area contributed by atoms with Crippen LogP contribution in [0.1, 0.15) is 31.2 Å². The summed E-state index contributed by atoms with van der Waals surface area (Å²) in [4.78, 5) is 42.0. The highest BCUT2D eigenvalue weighted by molar-refractivity contribution is 5.92. The molecule has 2 N–H and O–H groups in total. The van der Waals surface area contributed by atoms with Gasteiger partial charge in [0.15, 0.2) is 18.1 Å². The number of hydrogen-bond donors (Lipinski definition) is 1. The Morgan fingerprint density at radius 3 is 2.27 bits per heavy atom. The van der Waals surface area contributed by atoms with Gasteiger partial charge in [0.05, 0.1) is 13.7 Å². The number of ether oxygens (including phenoxy) is 2. The minimum absolute atomic E-state index is 0.0680. The van der Waals surface area contributed by atoms with Crippen molar-refractivity contribution in [3.63, 3.8) is 0 Å². The number of amides is 3. The monoisotopic (exact) mass is 458 g/mol. The molecule has 33 heavy (non-hydrogen) atoms. The number of piperazine rings is 1. The fourth-order valence-corrected chi connectivity index (χ4v) is 4.07. The number of nitrogens with zero attached hydrogens (tertiary/aromatic N) is 3. The summed E-state index contributed by atoms with van der Waals surface area (Å²) in [5.74, 6) is 0.424. The molecule has 180 valence electrons. The summed E-state index contributed by atoms with van der Waals surface area (Å²) in [7, 11) is 1.50. The van der Waals surface area contributed by atoms with E-state index in [0.717, 1.165) is 31.5 Å². The quantitative estimate of drug-likeness (QED) is 0.586. The molecule has 0 spiro atoms. The highest BCUT2D eigenvalue weighted by atomic mass is 16.5. The van der Waals surface area contributed by atoms with Crippen LogP contribution in [0.3, 0.4) is 0 Å². The normalized spacial score (nSPS) is 17.6. The average molecular weight is 459 g/mol. The third-order valence-corrected chi connectivity index (χ3v) is 5.98. The van der Waals surface area contributed by atoms with Crippen LogP contribution in [0.15, 0.2) is 24.3 Å². The second kappa shape index (κ2) is 12.2. The zero-order chi connectivity index (χ0) is 23.6. The van der Waals surface area contributed by atoms with Gasteiger partial charge < -0.3 is 25.0 Å². The van der Waals surface area contributed by atoms with E-state index in [1.165, 1.54) is 26.0 Å². The first-order chi connectivity index (χ1) is 16.0. The van der Waals surface area contributed by atoms with E-state index in [1.807, 2.05) is 4.90 Å². The van der Waals surface area contributed by atoms with Crippen molar-refractivity contribution in [1.29, 1.82) is 0 Å². The van der Waals surface area contributed by atoms with Gasteiger partial charge in [0, 0.05) is 45.3 Å². The van der Waals surface area contributed by atoms with Gasteiger partial charge in [-0.1, -0.05) is 18.9 Å². The minimum Gasteiger partial charge on any atom is -0.493 e. The molecule has 0 atom stereocenters. The van der Waals surface area contributed by atoms with E-state index >= 15 is 0 Å². The van der Waals surface area contributed by atoms with E-state index in [2.05, 4.69) is 4.90 Å². The molecule has 0 unspecified atom stereocenters. The summed E-state index contributed by atoms with van der Waals surface area (Å²) in [6.07, 6.45) is 7.86. The lowest BCUT2D eigenvalue weighted by Gasteiger charge is -2.34. The number of benzene rings is 1. The molecule has 9 heteroatoms. The first-order valence-corrected chi connectivity index (χ1v) is 11.5. The van der Waals surface area contributed by atoms with Crippen molar-refractivity contribution in [1.82, 2.24) is 14.7 Å². The molecule has 2 heterocycles. The van der Waals surface area contributed by atoms with E-state index < -0.39 is 5.91 Å². The molecule has 1 aromatic carbocycles. The Balaban J connectivity index is 1.47. The lowest BCUT2D eigenvalue weighted by Crippen LogP contribution is -2.51. The predicted octanol–water partition coefficient (Wildman–Crippen LogP) is 1.12. The lowest BCUT2D eigenvalue weighted by atomic mass is 10.2. The Hall–Kier alpha value is -3.07. The average Bonchev–Trinajstić information content (AvgIpc) is 3.11. The van der Waals surface area contributed by atoms with Crippen molar-refractivity contribution in [3.05, 3.63) is 29.8 Å². The zero-order valence-corrected chi connectivity index (χ0v) is 19.3. The van der Waals surface area contributed by atoms with Gasteiger partial charge >= 0.3 is 0 Å². The molecule has 0 aliphatic carbocycles. The van der Waals surface area contributed by atoms with Crippen LogP contribution in [0, 0.1) is 0 Å². The minimum atomic E-state index is -0.571. The van der Waals surface area contributed by atoms with Crippen molar-refractivity contribution < 1.29 is 23.9 Å². The van der Waals surface area contributed by atoms with Gasteiger partial charge in [-0.05, 0) is 36.6 Å². The molecule has 2 saturated heterocycles. The van der Waals surface area contributed by atoms with Gasteiger partial charge in [-0.2, -0.15) is 0 Å². The largest absolute Gasteiger partial charge is 0.493 e. The van der Waals surface area contributed by atoms with Gasteiger partial charge in [0.2, 0.25) is 11.8 Å². The van der Waals surface area contributed by atoms with E-state index in [1.54, 1.807) is 29.2 Å².